The fourth-order valence-electron chi connectivity index (χ4n) is 1.46. The summed E-state index contributed by atoms with van der Waals surface area (Å²) in [5.74, 6) is 1.16. The van der Waals surface area contributed by atoms with Crippen LogP contribution in [0.4, 0.5) is 5.82 Å². The zero-order chi connectivity index (χ0) is 10.8. The molecule has 0 aliphatic heterocycles. The Morgan fingerprint density at radius 1 is 1.20 bits per heavy atom. The van der Waals surface area contributed by atoms with Gasteiger partial charge in [-0.1, -0.05) is 0 Å². The van der Waals surface area contributed by atoms with Gasteiger partial charge in [0.1, 0.15) is 11.6 Å². The maximum atomic E-state index is 5.68. The number of nitrogens with zero attached hydrogens (tertiary/aromatic N) is 3. The molecule has 2 heterocycles. The van der Waals surface area contributed by atoms with Gasteiger partial charge in [-0.25, -0.2) is 9.97 Å². The molecule has 0 unspecified atom stereocenters. The van der Waals surface area contributed by atoms with Gasteiger partial charge >= 0.3 is 0 Å². The lowest BCUT2D eigenvalue weighted by molar-refractivity contribution is 1.06. The number of nitrogens with two attached hydrogens (primary N) is 1. The van der Waals surface area contributed by atoms with Gasteiger partial charge in [0.05, 0.1) is 5.69 Å². The van der Waals surface area contributed by atoms with Gasteiger partial charge in [0.2, 0.25) is 0 Å². The normalized spacial score (nSPS) is 10.3. The number of aryl methyl sites for hydroxylation is 2. The minimum atomic E-state index is 0.487. The molecule has 2 N–H and O–H groups in total. The Kier molecular flexibility index (Phi) is 2.33. The van der Waals surface area contributed by atoms with E-state index in [1.165, 1.54) is 0 Å². The summed E-state index contributed by atoms with van der Waals surface area (Å²) < 4.78 is 0. The van der Waals surface area contributed by atoms with Crippen molar-refractivity contribution in [3.05, 3.63) is 35.9 Å². The van der Waals surface area contributed by atoms with E-state index in [0.29, 0.717) is 11.6 Å². The molecular weight excluding hydrogens is 188 g/mol. The SMILES string of the molecule is Cc1nc(N)cc(-c2cnccc2C)n1. The maximum absolute atomic E-state index is 5.68. The van der Waals surface area contributed by atoms with Gasteiger partial charge in [-0.15, -0.1) is 0 Å². The Morgan fingerprint density at radius 2 is 2.00 bits per heavy atom. The first-order chi connectivity index (χ1) is 7.16. The van der Waals surface area contributed by atoms with Crippen LogP contribution in [-0.2, 0) is 0 Å². The summed E-state index contributed by atoms with van der Waals surface area (Å²) in [6.45, 7) is 3.84. The molecule has 2 aromatic heterocycles. The van der Waals surface area contributed by atoms with Gasteiger partial charge in [-0.3, -0.25) is 4.98 Å². The van der Waals surface area contributed by atoms with Crippen molar-refractivity contribution in [3.8, 4) is 11.3 Å². The van der Waals surface area contributed by atoms with Crippen molar-refractivity contribution in [2.45, 2.75) is 13.8 Å². The average Bonchev–Trinajstić information content (AvgIpc) is 2.16. The predicted octanol–water partition coefficient (Wildman–Crippen LogP) is 1.74. The molecule has 2 rings (SSSR count). The number of pyridine rings is 1. The van der Waals surface area contributed by atoms with E-state index in [0.717, 1.165) is 16.8 Å². The van der Waals surface area contributed by atoms with Gasteiger partial charge in [0.15, 0.2) is 0 Å². The van der Waals surface area contributed by atoms with Crippen LogP contribution in [0.5, 0.6) is 0 Å². The summed E-state index contributed by atoms with van der Waals surface area (Å²) in [5.41, 5.74) is 8.62. The topological polar surface area (TPSA) is 64.7 Å². The molecule has 2 aromatic rings. The van der Waals surface area contributed by atoms with E-state index in [2.05, 4.69) is 15.0 Å². The third kappa shape index (κ3) is 1.93. The Morgan fingerprint density at radius 3 is 2.67 bits per heavy atom. The third-order valence-corrected chi connectivity index (χ3v) is 2.17. The van der Waals surface area contributed by atoms with E-state index in [-0.39, 0.29) is 0 Å². The van der Waals surface area contributed by atoms with Crippen molar-refractivity contribution in [1.29, 1.82) is 0 Å². The van der Waals surface area contributed by atoms with Crippen LogP contribution in [0.15, 0.2) is 24.5 Å². The molecule has 0 atom stereocenters. The predicted molar refractivity (Wildman–Crippen MR) is 59.1 cm³/mol. The van der Waals surface area contributed by atoms with E-state index >= 15 is 0 Å². The number of nitrogen functional groups attached to an aromatic ring is 1. The van der Waals surface area contributed by atoms with E-state index in [9.17, 15) is 0 Å². The molecule has 0 aliphatic rings. The van der Waals surface area contributed by atoms with Crippen molar-refractivity contribution in [1.82, 2.24) is 15.0 Å². The molecule has 0 saturated carbocycles. The molecule has 4 heteroatoms. The zero-order valence-corrected chi connectivity index (χ0v) is 8.73. The molecule has 0 bridgehead atoms. The third-order valence-electron chi connectivity index (χ3n) is 2.17. The Balaban J connectivity index is 2.59. The number of hydrogen-bond acceptors (Lipinski definition) is 4. The van der Waals surface area contributed by atoms with Crippen molar-refractivity contribution in [2.75, 3.05) is 5.73 Å². The number of aromatic nitrogens is 3. The molecule has 0 aliphatic carbocycles. The highest BCUT2D eigenvalue weighted by Gasteiger charge is 2.05. The molecule has 15 heavy (non-hydrogen) atoms. The summed E-state index contributed by atoms with van der Waals surface area (Å²) in [7, 11) is 0. The number of hydrogen-bond donors (Lipinski definition) is 1. The summed E-state index contributed by atoms with van der Waals surface area (Å²) in [5, 5.41) is 0. The lowest BCUT2D eigenvalue weighted by Gasteiger charge is -2.05. The van der Waals surface area contributed by atoms with Crippen LogP contribution in [0.1, 0.15) is 11.4 Å². The molecule has 0 amide bonds. The second-order valence-electron chi connectivity index (χ2n) is 3.42. The van der Waals surface area contributed by atoms with Gasteiger partial charge in [-0.05, 0) is 25.5 Å². The van der Waals surface area contributed by atoms with E-state index < -0.39 is 0 Å². The number of anilines is 1. The molecule has 0 aromatic carbocycles. The van der Waals surface area contributed by atoms with E-state index in [1.807, 2.05) is 19.9 Å². The Labute approximate surface area is 88.2 Å². The molecular formula is C11H12N4. The van der Waals surface area contributed by atoms with Gasteiger partial charge < -0.3 is 5.73 Å². The van der Waals surface area contributed by atoms with E-state index in [4.69, 9.17) is 5.73 Å². The summed E-state index contributed by atoms with van der Waals surface area (Å²) >= 11 is 0. The smallest absolute Gasteiger partial charge is 0.128 e. The van der Waals surface area contributed by atoms with Crippen molar-refractivity contribution >= 4 is 5.82 Å². The molecule has 0 saturated heterocycles. The Hall–Kier alpha value is -1.97. The fraction of sp³-hybridized carbons (Fsp3) is 0.182. The lowest BCUT2D eigenvalue weighted by Crippen LogP contribution is -1.98. The fourth-order valence-corrected chi connectivity index (χ4v) is 1.46. The lowest BCUT2D eigenvalue weighted by atomic mass is 10.1. The number of rotatable bonds is 1. The highest BCUT2D eigenvalue weighted by atomic mass is 14.9. The van der Waals surface area contributed by atoms with Crippen LogP contribution in [0.2, 0.25) is 0 Å². The van der Waals surface area contributed by atoms with Crippen LogP contribution in [0.3, 0.4) is 0 Å². The van der Waals surface area contributed by atoms with Crippen molar-refractivity contribution in [3.63, 3.8) is 0 Å². The van der Waals surface area contributed by atoms with Crippen molar-refractivity contribution < 1.29 is 0 Å². The molecule has 4 nitrogen and oxygen atoms in total. The van der Waals surface area contributed by atoms with Gasteiger partial charge in [0.25, 0.3) is 0 Å². The summed E-state index contributed by atoms with van der Waals surface area (Å²) in [6, 6.07) is 3.71. The quantitative estimate of drug-likeness (QED) is 0.761. The first-order valence-electron chi connectivity index (χ1n) is 4.69. The second-order valence-corrected chi connectivity index (χ2v) is 3.42. The first-order valence-corrected chi connectivity index (χ1v) is 4.69. The first kappa shape index (κ1) is 9.58. The second kappa shape index (κ2) is 3.65. The van der Waals surface area contributed by atoms with Crippen LogP contribution < -0.4 is 5.73 Å². The minimum Gasteiger partial charge on any atom is -0.384 e. The molecule has 0 spiro atoms. The summed E-state index contributed by atoms with van der Waals surface area (Å²) in [6.07, 6.45) is 3.55. The maximum Gasteiger partial charge on any atom is 0.128 e. The Bertz CT molecular complexity index is 473. The minimum absolute atomic E-state index is 0.487. The van der Waals surface area contributed by atoms with Crippen LogP contribution in [0, 0.1) is 13.8 Å². The highest BCUT2D eigenvalue weighted by molar-refractivity contribution is 5.64. The average molecular weight is 200 g/mol. The summed E-state index contributed by atoms with van der Waals surface area (Å²) in [4.78, 5) is 12.4. The largest absolute Gasteiger partial charge is 0.384 e. The van der Waals surface area contributed by atoms with Crippen LogP contribution >= 0.6 is 0 Å². The molecule has 0 fully saturated rings. The zero-order valence-electron chi connectivity index (χ0n) is 8.73. The molecule has 76 valence electrons. The highest BCUT2D eigenvalue weighted by Crippen LogP contribution is 2.21. The van der Waals surface area contributed by atoms with Crippen LogP contribution in [-0.4, -0.2) is 15.0 Å². The van der Waals surface area contributed by atoms with Crippen LogP contribution in [0.25, 0.3) is 11.3 Å². The van der Waals surface area contributed by atoms with Crippen molar-refractivity contribution in [2.24, 2.45) is 0 Å². The standard InChI is InChI=1S/C11H12N4/c1-7-3-4-13-6-9(7)10-5-11(12)15-8(2)14-10/h3-6H,1-2H3,(H2,12,14,15). The monoisotopic (exact) mass is 200 g/mol. The van der Waals surface area contributed by atoms with Gasteiger partial charge in [-0.2, -0.15) is 0 Å². The molecule has 0 radical (unpaired) electrons. The van der Waals surface area contributed by atoms with E-state index in [1.54, 1.807) is 18.5 Å². The van der Waals surface area contributed by atoms with Gasteiger partial charge in [0, 0.05) is 24.0 Å².